The predicted octanol–water partition coefficient (Wildman–Crippen LogP) is 3.54. The lowest BCUT2D eigenvalue weighted by Crippen LogP contribution is -2.37. The van der Waals surface area contributed by atoms with E-state index in [2.05, 4.69) is 27.3 Å². The molecule has 1 amide bonds. The van der Waals surface area contributed by atoms with E-state index in [1.807, 2.05) is 37.3 Å². The number of nitrogens with one attached hydrogen (secondary N) is 2. The number of phenols is 1. The zero-order chi connectivity index (χ0) is 19.2. The van der Waals surface area contributed by atoms with Crippen LogP contribution in [0.25, 0.3) is 16.7 Å². The normalized spacial score (nSPS) is 11.6. The monoisotopic (exact) mass is 382 g/mol. The number of nitrogens with zero attached hydrogens (tertiary/aromatic N) is 2. The second-order valence-corrected chi connectivity index (χ2v) is 6.78. The zero-order valence-corrected chi connectivity index (χ0v) is 16.1. The van der Waals surface area contributed by atoms with Gasteiger partial charge in [-0.1, -0.05) is 30.0 Å². The Bertz CT molecular complexity index is 964. The van der Waals surface area contributed by atoms with E-state index in [1.165, 1.54) is 11.8 Å². The third-order valence-electron chi connectivity index (χ3n) is 4.07. The van der Waals surface area contributed by atoms with Crippen molar-refractivity contribution in [2.45, 2.75) is 25.5 Å². The first-order valence-corrected chi connectivity index (χ1v) is 9.69. The Labute approximate surface area is 162 Å². The number of hydrogen-bond donors (Lipinski definition) is 3. The molecule has 6 nitrogen and oxygen atoms in total. The number of hydrazine groups is 1. The molecule has 0 radical (unpaired) electrons. The molecule has 1 aromatic heterocycles. The Balaban J connectivity index is 1.59. The number of rotatable bonds is 7. The first kappa shape index (κ1) is 18.8. The minimum Gasteiger partial charge on any atom is -0.508 e. The van der Waals surface area contributed by atoms with E-state index < -0.39 is 0 Å². The Kier molecular flexibility index (Phi) is 6.03. The number of para-hydroxylation sites is 2. The first-order valence-electron chi connectivity index (χ1n) is 8.71. The molecule has 0 aliphatic carbocycles. The van der Waals surface area contributed by atoms with E-state index in [0.29, 0.717) is 0 Å². The third kappa shape index (κ3) is 4.43. The third-order valence-corrected chi connectivity index (χ3v) is 5.05. The molecule has 1 heterocycles. The summed E-state index contributed by atoms with van der Waals surface area (Å²) >= 11 is 1.41. The molecule has 27 heavy (non-hydrogen) atoms. The molecule has 0 saturated heterocycles. The summed E-state index contributed by atoms with van der Waals surface area (Å²) in [4.78, 5) is 16.9. The first-order chi connectivity index (χ1) is 13.1. The quantitative estimate of drug-likeness (QED) is 0.430. The van der Waals surface area contributed by atoms with Crippen LogP contribution in [0, 0.1) is 0 Å². The number of phenolic OH excluding ortho intramolecular Hbond substituents is 1. The lowest BCUT2D eigenvalue weighted by atomic mass is 10.1. The lowest BCUT2D eigenvalue weighted by Gasteiger charge is -2.12. The number of allylic oxidation sites excluding steroid dienone is 1. The van der Waals surface area contributed by atoms with Crippen molar-refractivity contribution >= 4 is 34.4 Å². The number of benzene rings is 2. The highest BCUT2D eigenvalue weighted by Crippen LogP contribution is 2.23. The fraction of sp³-hybridized carbons (Fsp3) is 0.200. The fourth-order valence-electron chi connectivity index (χ4n) is 2.72. The maximum atomic E-state index is 12.2. The molecule has 0 atom stereocenters. The van der Waals surface area contributed by atoms with Crippen molar-refractivity contribution in [1.29, 1.82) is 0 Å². The van der Waals surface area contributed by atoms with E-state index in [9.17, 15) is 9.90 Å². The molecule has 0 fully saturated rings. The smallest absolute Gasteiger partial charge is 0.248 e. The van der Waals surface area contributed by atoms with Crippen molar-refractivity contribution in [3.63, 3.8) is 0 Å². The van der Waals surface area contributed by atoms with Crippen LogP contribution in [-0.2, 0) is 11.3 Å². The Morgan fingerprint density at radius 3 is 2.63 bits per heavy atom. The molecule has 140 valence electrons. The highest BCUT2D eigenvalue weighted by atomic mass is 32.2. The number of carbonyl (C=O) groups excluding carboxylic acids is 1. The summed E-state index contributed by atoms with van der Waals surface area (Å²) in [6.45, 7) is 4.74. The van der Waals surface area contributed by atoms with Gasteiger partial charge in [0.15, 0.2) is 5.16 Å². The number of aromatic hydroxyl groups is 1. The molecule has 2 aromatic carbocycles. The average Bonchev–Trinajstić information content (AvgIpc) is 3.05. The van der Waals surface area contributed by atoms with Crippen molar-refractivity contribution in [2.75, 3.05) is 5.75 Å². The standard InChI is InChI=1S/C20H22N4O2S/c1-3-16(14-9-11-15(25)12-10-14)22-23-19(26)13-27-20-21-17-7-5-6-8-18(17)24(20)4-2/h3,5-12,22,25H,4,13H2,1-2H3,(H,23,26)/b16-3+. The number of carbonyl (C=O) groups is 1. The van der Waals surface area contributed by atoms with Crippen LogP contribution in [-0.4, -0.2) is 26.3 Å². The second-order valence-electron chi connectivity index (χ2n) is 5.84. The number of aryl methyl sites for hydroxylation is 1. The summed E-state index contributed by atoms with van der Waals surface area (Å²) in [5.41, 5.74) is 9.28. The van der Waals surface area contributed by atoms with Crippen molar-refractivity contribution in [3.8, 4) is 5.75 Å². The van der Waals surface area contributed by atoms with Gasteiger partial charge >= 0.3 is 0 Å². The maximum Gasteiger partial charge on any atom is 0.248 e. The fourth-order valence-corrected chi connectivity index (χ4v) is 3.60. The lowest BCUT2D eigenvalue weighted by molar-refractivity contribution is -0.119. The summed E-state index contributed by atoms with van der Waals surface area (Å²) in [6.07, 6.45) is 1.86. The highest BCUT2D eigenvalue weighted by Gasteiger charge is 2.12. The summed E-state index contributed by atoms with van der Waals surface area (Å²) in [5, 5.41) is 10.2. The molecule has 7 heteroatoms. The van der Waals surface area contributed by atoms with Gasteiger partial charge in [-0.25, -0.2) is 4.98 Å². The second kappa shape index (κ2) is 8.64. The molecule has 0 bridgehead atoms. The Hall–Kier alpha value is -2.93. The Morgan fingerprint density at radius 1 is 1.19 bits per heavy atom. The van der Waals surface area contributed by atoms with Gasteiger partial charge in [0.2, 0.25) is 5.91 Å². The molecular weight excluding hydrogens is 360 g/mol. The maximum absolute atomic E-state index is 12.2. The molecule has 3 rings (SSSR count). The minimum absolute atomic E-state index is 0.146. The van der Waals surface area contributed by atoms with E-state index in [0.717, 1.165) is 34.0 Å². The van der Waals surface area contributed by atoms with Gasteiger partial charge in [0.1, 0.15) is 5.75 Å². The van der Waals surface area contributed by atoms with Crippen molar-refractivity contribution in [2.24, 2.45) is 0 Å². The van der Waals surface area contributed by atoms with E-state index in [-0.39, 0.29) is 17.4 Å². The highest BCUT2D eigenvalue weighted by molar-refractivity contribution is 7.99. The molecule has 0 aliphatic heterocycles. The number of hydrogen-bond acceptors (Lipinski definition) is 5. The molecule has 0 saturated carbocycles. The number of thioether (sulfide) groups is 1. The van der Waals surface area contributed by atoms with E-state index in [1.54, 1.807) is 24.3 Å². The van der Waals surface area contributed by atoms with Gasteiger partial charge in [-0.05, 0) is 55.8 Å². The van der Waals surface area contributed by atoms with Crippen LogP contribution in [0.3, 0.4) is 0 Å². The summed E-state index contributed by atoms with van der Waals surface area (Å²) in [5.74, 6) is 0.310. The van der Waals surface area contributed by atoms with Crippen LogP contribution in [0.1, 0.15) is 19.4 Å². The Morgan fingerprint density at radius 2 is 1.93 bits per heavy atom. The van der Waals surface area contributed by atoms with Gasteiger partial charge < -0.3 is 9.67 Å². The van der Waals surface area contributed by atoms with Crippen LogP contribution in [0.4, 0.5) is 0 Å². The van der Waals surface area contributed by atoms with Crippen molar-refractivity contribution < 1.29 is 9.90 Å². The summed E-state index contributed by atoms with van der Waals surface area (Å²) in [6, 6.07) is 14.7. The topological polar surface area (TPSA) is 79.2 Å². The minimum atomic E-state index is -0.146. The molecule has 3 aromatic rings. The van der Waals surface area contributed by atoms with E-state index in [4.69, 9.17) is 0 Å². The van der Waals surface area contributed by atoms with Crippen LogP contribution >= 0.6 is 11.8 Å². The zero-order valence-electron chi connectivity index (χ0n) is 15.3. The van der Waals surface area contributed by atoms with Crippen molar-refractivity contribution in [1.82, 2.24) is 20.4 Å². The molecule has 0 unspecified atom stereocenters. The SMILES string of the molecule is C/C=C(/NNC(=O)CSc1nc2ccccc2n1CC)c1ccc(O)cc1. The summed E-state index contributed by atoms with van der Waals surface area (Å²) < 4.78 is 2.11. The number of fused-ring (bicyclic) bond motifs is 1. The van der Waals surface area contributed by atoms with Gasteiger partial charge in [-0.2, -0.15) is 0 Å². The van der Waals surface area contributed by atoms with E-state index >= 15 is 0 Å². The van der Waals surface area contributed by atoms with Crippen LogP contribution < -0.4 is 10.9 Å². The van der Waals surface area contributed by atoms with Gasteiger partial charge in [0, 0.05) is 6.54 Å². The van der Waals surface area contributed by atoms with Crippen LogP contribution in [0.5, 0.6) is 5.75 Å². The summed E-state index contributed by atoms with van der Waals surface area (Å²) in [7, 11) is 0. The number of aromatic nitrogens is 2. The van der Waals surface area contributed by atoms with Gasteiger partial charge in [0.25, 0.3) is 0 Å². The largest absolute Gasteiger partial charge is 0.508 e. The molecular formula is C20H22N4O2S. The number of imidazole rings is 1. The molecule has 0 aliphatic rings. The van der Waals surface area contributed by atoms with Gasteiger partial charge in [-0.3, -0.25) is 15.6 Å². The van der Waals surface area contributed by atoms with Crippen LogP contribution in [0.15, 0.2) is 59.8 Å². The van der Waals surface area contributed by atoms with Crippen molar-refractivity contribution in [3.05, 3.63) is 60.2 Å². The number of amides is 1. The molecule has 3 N–H and O–H groups in total. The van der Waals surface area contributed by atoms with Gasteiger partial charge in [0.05, 0.1) is 22.5 Å². The van der Waals surface area contributed by atoms with Gasteiger partial charge in [-0.15, -0.1) is 0 Å². The molecule has 0 spiro atoms. The predicted molar refractivity (Wildman–Crippen MR) is 109 cm³/mol. The van der Waals surface area contributed by atoms with Crippen LogP contribution in [0.2, 0.25) is 0 Å². The average molecular weight is 382 g/mol.